The lowest BCUT2D eigenvalue weighted by Crippen LogP contribution is -2.59. The molecule has 15 heteroatoms. The lowest BCUT2D eigenvalue weighted by molar-refractivity contribution is -0.158. The molecule has 3 aromatic rings. The van der Waals surface area contributed by atoms with Gasteiger partial charge in [0, 0.05) is 79.8 Å². The third kappa shape index (κ3) is 11.1. The van der Waals surface area contributed by atoms with E-state index >= 15 is 4.79 Å². The van der Waals surface area contributed by atoms with Crippen LogP contribution >= 0.6 is 23.2 Å². The number of likely N-dealkylation sites (tertiary alicyclic amines) is 2. The molecule has 12 nitrogen and oxygen atoms in total. The van der Waals surface area contributed by atoms with Crippen molar-refractivity contribution in [2.24, 2.45) is 17.3 Å². The maximum atomic E-state index is 15.3. The quantitative estimate of drug-likeness (QED) is 0.155. The van der Waals surface area contributed by atoms with Crippen LogP contribution in [0.3, 0.4) is 0 Å². The molecule has 2 aromatic carbocycles. The molecule has 346 valence electrons. The van der Waals surface area contributed by atoms with Crippen molar-refractivity contribution in [1.29, 1.82) is 0 Å². The Morgan fingerprint density at radius 2 is 1.58 bits per heavy atom. The summed E-state index contributed by atoms with van der Waals surface area (Å²) in [6.07, 6.45) is 6.63. The standard InChI is InChI=1S/C49H64Cl2N6O6S/c1-31(2)42(30-64(62,63)32(3)4)57-46(34-9-11-37(50)12-10-34)41(35-7-6-8-38(51)25-35)27-49(5,48(57)61)28-45(59)53-39-18-21-55(22-19-39)29-33-16-23-56(24-17-33)43-26-36(15-20-52-43)40-13-14-44(58)54-47(40)60/h6-12,15,20,25-26,31-33,39-42,46H,13-14,16-19,21-24,27-30H2,1-5H3,(H,53,59)(H,54,58,60)/t40?,41-,42-,46-,49-/m1/s1. The first-order valence-electron chi connectivity index (χ1n) is 23.0. The number of hydrogen-bond acceptors (Lipinski definition) is 9. The number of carbonyl (C=O) groups is 4. The van der Waals surface area contributed by atoms with Crippen LogP contribution in [-0.4, -0.2) is 103 Å². The number of piperidine rings is 4. The van der Waals surface area contributed by atoms with Gasteiger partial charge >= 0.3 is 0 Å². The second-order valence-corrected chi connectivity index (χ2v) is 23.0. The van der Waals surface area contributed by atoms with Crippen LogP contribution in [0, 0.1) is 17.3 Å². The summed E-state index contributed by atoms with van der Waals surface area (Å²) in [6, 6.07) is 17.7. The molecule has 4 amide bonds. The van der Waals surface area contributed by atoms with Gasteiger partial charge in [0.2, 0.25) is 23.6 Å². The highest BCUT2D eigenvalue weighted by molar-refractivity contribution is 7.92. The average Bonchev–Trinajstić information content (AvgIpc) is 3.25. The zero-order valence-corrected chi connectivity index (χ0v) is 40.1. The van der Waals surface area contributed by atoms with Gasteiger partial charge in [0.25, 0.3) is 0 Å². The van der Waals surface area contributed by atoms with E-state index in [1.54, 1.807) is 37.1 Å². The SMILES string of the molecule is CC(C)[C@@H](CS(=O)(=O)C(C)C)N1C(=O)[C@@](C)(CC(=O)NC2CCN(CC3CCN(c4cc(C5CCC(=O)NC5=O)ccn4)CC3)CC2)C[C@H](c2cccc(Cl)c2)[C@H]1c1ccc(Cl)cc1. The topological polar surface area (TPSA) is 149 Å². The number of pyridine rings is 1. The third-order valence-corrected chi connectivity index (χ3v) is 16.9. The summed E-state index contributed by atoms with van der Waals surface area (Å²) in [5, 5.41) is 6.25. The van der Waals surface area contributed by atoms with Crippen molar-refractivity contribution >= 4 is 62.5 Å². The molecule has 4 saturated heterocycles. The van der Waals surface area contributed by atoms with Crippen LogP contribution in [0.25, 0.3) is 0 Å². The monoisotopic (exact) mass is 934 g/mol. The van der Waals surface area contributed by atoms with Crippen LogP contribution in [0.2, 0.25) is 10.0 Å². The van der Waals surface area contributed by atoms with Crippen molar-refractivity contribution in [2.45, 2.75) is 121 Å². The molecule has 1 aromatic heterocycles. The van der Waals surface area contributed by atoms with E-state index in [2.05, 4.69) is 25.4 Å². The van der Waals surface area contributed by atoms with Gasteiger partial charge in [-0.2, -0.15) is 0 Å². The highest BCUT2D eigenvalue weighted by atomic mass is 35.5. The minimum absolute atomic E-state index is 0.0168. The Kier molecular flexibility index (Phi) is 15.1. The Morgan fingerprint density at radius 1 is 0.875 bits per heavy atom. The number of imide groups is 1. The van der Waals surface area contributed by atoms with Crippen molar-refractivity contribution in [3.05, 3.63) is 93.6 Å². The first-order chi connectivity index (χ1) is 30.4. The summed E-state index contributed by atoms with van der Waals surface area (Å²) in [5.41, 5.74) is 1.52. The van der Waals surface area contributed by atoms with E-state index in [1.165, 1.54) is 0 Å². The molecule has 2 N–H and O–H groups in total. The van der Waals surface area contributed by atoms with Gasteiger partial charge in [-0.3, -0.25) is 24.5 Å². The number of carbonyl (C=O) groups excluding carboxylic acids is 4. The molecule has 0 saturated carbocycles. The summed E-state index contributed by atoms with van der Waals surface area (Å²) in [6.45, 7) is 13.6. The average molecular weight is 936 g/mol. The number of amides is 4. The first-order valence-corrected chi connectivity index (χ1v) is 25.5. The Bertz CT molecular complexity index is 2280. The molecule has 4 fully saturated rings. The smallest absolute Gasteiger partial charge is 0.234 e. The largest absolute Gasteiger partial charge is 0.357 e. The molecule has 64 heavy (non-hydrogen) atoms. The predicted molar refractivity (Wildman–Crippen MR) is 252 cm³/mol. The molecule has 4 aliphatic heterocycles. The summed E-state index contributed by atoms with van der Waals surface area (Å²) >= 11 is 13.0. The van der Waals surface area contributed by atoms with Gasteiger partial charge in [0.1, 0.15) is 5.82 Å². The minimum atomic E-state index is -3.58. The van der Waals surface area contributed by atoms with E-state index in [0.29, 0.717) is 35.2 Å². The van der Waals surface area contributed by atoms with Crippen LogP contribution in [0.4, 0.5) is 5.82 Å². The molecule has 7 rings (SSSR count). The number of sulfone groups is 1. The van der Waals surface area contributed by atoms with Gasteiger partial charge < -0.3 is 20.0 Å². The molecule has 0 bridgehead atoms. The van der Waals surface area contributed by atoms with Crippen molar-refractivity contribution in [3.8, 4) is 0 Å². The number of halogens is 2. The Hall–Kier alpha value is -4.04. The number of nitrogens with zero attached hydrogens (tertiary/aromatic N) is 4. The fourth-order valence-electron chi connectivity index (χ4n) is 10.4. The fourth-order valence-corrected chi connectivity index (χ4v) is 12.1. The summed E-state index contributed by atoms with van der Waals surface area (Å²) in [5.74, 6) is -0.489. The number of rotatable bonds is 14. The molecule has 5 atom stereocenters. The number of aromatic nitrogens is 1. The van der Waals surface area contributed by atoms with E-state index in [4.69, 9.17) is 23.2 Å². The van der Waals surface area contributed by atoms with Gasteiger partial charge in [0.05, 0.1) is 28.4 Å². The Balaban J connectivity index is 1.000. The van der Waals surface area contributed by atoms with Crippen LogP contribution in [0.5, 0.6) is 0 Å². The highest BCUT2D eigenvalue weighted by Crippen LogP contribution is 2.53. The molecular weight excluding hydrogens is 872 g/mol. The zero-order valence-electron chi connectivity index (χ0n) is 37.8. The second-order valence-electron chi connectivity index (χ2n) is 19.5. The minimum Gasteiger partial charge on any atom is -0.357 e. The van der Waals surface area contributed by atoms with E-state index in [-0.39, 0.29) is 59.6 Å². The molecule has 1 unspecified atom stereocenters. The Labute approximate surface area is 389 Å². The van der Waals surface area contributed by atoms with Crippen LogP contribution in [-0.2, 0) is 29.0 Å². The van der Waals surface area contributed by atoms with E-state index in [0.717, 1.165) is 80.9 Å². The molecule has 5 heterocycles. The number of nitrogens with one attached hydrogen (secondary N) is 2. The predicted octanol–water partition coefficient (Wildman–Crippen LogP) is 7.71. The summed E-state index contributed by atoms with van der Waals surface area (Å²) in [7, 11) is -3.58. The van der Waals surface area contributed by atoms with Crippen molar-refractivity contribution in [3.63, 3.8) is 0 Å². The van der Waals surface area contributed by atoms with Crippen molar-refractivity contribution in [2.75, 3.05) is 43.4 Å². The number of anilines is 1. The normalized spacial score (nSPS) is 24.9. The van der Waals surface area contributed by atoms with Crippen molar-refractivity contribution in [1.82, 2.24) is 25.4 Å². The molecule has 0 spiro atoms. The highest BCUT2D eigenvalue weighted by Gasteiger charge is 2.53. The lowest BCUT2D eigenvalue weighted by Gasteiger charge is -2.53. The van der Waals surface area contributed by atoms with Gasteiger partial charge in [-0.15, -0.1) is 0 Å². The second kappa shape index (κ2) is 20.2. The number of benzene rings is 2. The van der Waals surface area contributed by atoms with Gasteiger partial charge in [-0.25, -0.2) is 13.4 Å². The lowest BCUT2D eigenvalue weighted by atomic mass is 9.66. The van der Waals surface area contributed by atoms with Gasteiger partial charge in [-0.1, -0.05) is 68.2 Å². The van der Waals surface area contributed by atoms with Gasteiger partial charge in [-0.05, 0) is 117 Å². The van der Waals surface area contributed by atoms with Crippen LogP contribution in [0.15, 0.2) is 66.9 Å². The molecule has 0 aliphatic carbocycles. The summed E-state index contributed by atoms with van der Waals surface area (Å²) in [4.78, 5) is 64.8. The summed E-state index contributed by atoms with van der Waals surface area (Å²) < 4.78 is 27.3. The third-order valence-electron chi connectivity index (χ3n) is 14.2. The van der Waals surface area contributed by atoms with E-state index < -0.39 is 32.6 Å². The maximum absolute atomic E-state index is 15.3. The number of hydrogen-bond donors (Lipinski definition) is 2. The van der Waals surface area contributed by atoms with Crippen LogP contribution in [0.1, 0.15) is 121 Å². The molecular formula is C49H64Cl2N6O6S. The first kappa shape index (κ1) is 47.9. The molecule has 4 aliphatic rings. The fraction of sp³-hybridized carbons (Fsp3) is 0.571. The zero-order chi connectivity index (χ0) is 45.9. The van der Waals surface area contributed by atoms with E-state index in [1.807, 2.05) is 69.3 Å². The molecule has 0 radical (unpaired) electrons. The maximum Gasteiger partial charge on any atom is 0.234 e. The van der Waals surface area contributed by atoms with Gasteiger partial charge in [0.15, 0.2) is 9.84 Å². The van der Waals surface area contributed by atoms with E-state index in [9.17, 15) is 22.8 Å². The van der Waals surface area contributed by atoms with Crippen LogP contribution < -0.4 is 15.5 Å². The Morgan fingerprint density at radius 3 is 2.22 bits per heavy atom. The van der Waals surface area contributed by atoms with Crippen molar-refractivity contribution < 1.29 is 27.6 Å².